The van der Waals surface area contributed by atoms with E-state index in [1.807, 2.05) is 68.5 Å². The van der Waals surface area contributed by atoms with Crippen LogP contribution >= 0.6 is 11.6 Å². The van der Waals surface area contributed by atoms with Gasteiger partial charge in [0, 0.05) is 65.3 Å². The average molecular weight is 1150 g/mol. The number of aromatic nitrogens is 1. The number of nitrogens with one attached hydrogen (secondary N) is 1. The van der Waals surface area contributed by atoms with E-state index in [9.17, 15) is 22.8 Å². The molecule has 0 saturated carbocycles. The van der Waals surface area contributed by atoms with Gasteiger partial charge in [0.1, 0.15) is 0 Å². The lowest BCUT2D eigenvalue weighted by molar-refractivity contribution is 0.0893. The molecular weight excluding hydrogens is 1070 g/mol. The number of pyridine rings is 1. The van der Waals surface area contributed by atoms with Gasteiger partial charge in [0.15, 0.2) is 17.3 Å². The minimum absolute atomic E-state index is 0.0666. The minimum atomic E-state index is -4.02. The van der Waals surface area contributed by atoms with Gasteiger partial charge in [-0.1, -0.05) is 96.6 Å². The number of fused-ring (bicyclic) bond motifs is 3. The van der Waals surface area contributed by atoms with Crippen molar-refractivity contribution in [1.29, 1.82) is 0 Å². The molecule has 0 amide bonds. The summed E-state index contributed by atoms with van der Waals surface area (Å²) in [5.41, 5.74) is 19.5. The summed E-state index contributed by atoms with van der Waals surface area (Å²) in [7, 11) is -4.02. The van der Waals surface area contributed by atoms with E-state index in [1.54, 1.807) is 24.5 Å². The standard InChI is InChI=1S/C24H29NO.C17H23NO.C17H15NO.C7H7Cl.C7H8O3S/c1-17-12-21-15-22(24(26)23(21)13-18(17)2)14-19-8-10-25(11-9-19)16-20-6-4-3-5-7-20;2*1-11-7-14-10-15(9-13-3-5-18-6-4-13)17(19)16(14)8-12(11)2;8-6-7-4-2-1-3-5-7;1-6-2-4-7(5-3-6)11(8,9)10/h3-7,12-13,19,22H,8-11,14-16H2,1-2H3;7-8,13,15,18H,3-6,9-10H2,1-2H3;3-9H,10H2,1-2H3;1-5H,6H2;2-5H,1H3,(H,8,9,10)/b;;15-9+;;. The van der Waals surface area contributed by atoms with Crippen LogP contribution in [0.25, 0.3) is 6.08 Å². The molecule has 2 unspecified atom stereocenters. The number of aryl methyl sites for hydroxylation is 7. The molecule has 2 atom stereocenters. The Kier molecular flexibility index (Phi) is 22.0. The summed E-state index contributed by atoms with van der Waals surface area (Å²) in [5, 5.41) is 3.40. The van der Waals surface area contributed by atoms with Crippen molar-refractivity contribution in [2.24, 2.45) is 23.7 Å². The largest absolute Gasteiger partial charge is 0.317 e. The topological polar surface area (TPSA) is 134 Å². The van der Waals surface area contributed by atoms with Crippen LogP contribution in [0.5, 0.6) is 0 Å². The van der Waals surface area contributed by atoms with Crippen molar-refractivity contribution in [3.63, 3.8) is 0 Å². The zero-order valence-corrected chi connectivity index (χ0v) is 51.1. The van der Waals surface area contributed by atoms with Crippen LogP contribution in [0.4, 0.5) is 0 Å². The molecule has 9 nitrogen and oxygen atoms in total. The van der Waals surface area contributed by atoms with E-state index in [2.05, 4.69) is 110 Å². The number of hydrogen-bond acceptors (Lipinski definition) is 8. The van der Waals surface area contributed by atoms with Crippen molar-refractivity contribution >= 4 is 45.1 Å². The van der Waals surface area contributed by atoms with Crippen molar-refractivity contribution < 1.29 is 27.4 Å². The normalized spacial score (nSPS) is 18.1. The maximum absolute atomic E-state index is 12.8. The van der Waals surface area contributed by atoms with Crippen LogP contribution in [0.1, 0.15) is 142 Å². The lowest BCUT2D eigenvalue weighted by Crippen LogP contribution is -2.34. The van der Waals surface area contributed by atoms with E-state index in [1.165, 1.54) is 93.5 Å². The number of likely N-dealkylation sites (tertiary alicyclic amines) is 1. The van der Waals surface area contributed by atoms with E-state index in [0.29, 0.717) is 23.4 Å². The summed E-state index contributed by atoms with van der Waals surface area (Å²) >= 11 is 5.53. The molecule has 12 rings (SSSR count). The number of rotatable bonds is 9. The number of nitrogens with zero attached hydrogens (tertiary/aromatic N) is 2. The molecule has 434 valence electrons. The number of piperidine rings is 2. The summed E-state index contributed by atoms with van der Waals surface area (Å²) < 4.78 is 29.6. The Bertz CT molecular complexity index is 3500. The quantitative estimate of drug-likeness (QED) is 0.0823. The highest BCUT2D eigenvalue weighted by molar-refractivity contribution is 7.85. The number of carbonyl (C=O) groups excluding carboxylic acids is 3. The minimum Gasteiger partial charge on any atom is -0.317 e. The summed E-state index contributed by atoms with van der Waals surface area (Å²) in [6.45, 7) is 20.1. The average Bonchev–Trinajstić information content (AvgIpc) is 4.17. The van der Waals surface area contributed by atoms with Crippen molar-refractivity contribution in [2.75, 3.05) is 26.2 Å². The molecule has 2 aliphatic heterocycles. The maximum atomic E-state index is 12.8. The molecule has 2 fully saturated rings. The van der Waals surface area contributed by atoms with Gasteiger partial charge < -0.3 is 5.32 Å². The van der Waals surface area contributed by atoms with Gasteiger partial charge in [-0.15, -0.1) is 11.6 Å². The first-order chi connectivity index (χ1) is 39.8. The molecule has 0 bridgehead atoms. The molecule has 3 heterocycles. The van der Waals surface area contributed by atoms with Gasteiger partial charge in [0.25, 0.3) is 10.1 Å². The molecule has 5 aliphatic rings. The fraction of sp³-hybridized carbons (Fsp3) is 0.361. The number of allylic oxidation sites excluding steroid dienone is 1. The lowest BCUT2D eigenvalue weighted by Gasteiger charge is -2.33. The van der Waals surface area contributed by atoms with E-state index in [0.717, 1.165) is 110 Å². The smallest absolute Gasteiger partial charge is 0.294 e. The Labute approximate surface area is 498 Å². The number of benzene rings is 6. The second-order valence-corrected chi connectivity index (χ2v) is 25.2. The van der Waals surface area contributed by atoms with E-state index >= 15 is 0 Å². The Morgan fingerprint density at radius 3 is 1.52 bits per heavy atom. The van der Waals surface area contributed by atoms with E-state index in [-0.39, 0.29) is 22.5 Å². The van der Waals surface area contributed by atoms with Crippen molar-refractivity contribution in [3.8, 4) is 0 Å². The maximum Gasteiger partial charge on any atom is 0.294 e. The molecule has 7 aromatic rings. The molecule has 2 N–H and O–H groups in total. The van der Waals surface area contributed by atoms with Gasteiger partial charge in [0.05, 0.1) is 4.90 Å². The first kappa shape index (κ1) is 62.4. The van der Waals surface area contributed by atoms with Crippen LogP contribution in [-0.2, 0) is 41.8 Å². The Morgan fingerprint density at radius 1 is 0.578 bits per heavy atom. The monoisotopic (exact) mass is 1150 g/mol. The van der Waals surface area contributed by atoms with Gasteiger partial charge in [-0.25, -0.2) is 0 Å². The molecule has 1 aromatic heterocycles. The highest BCUT2D eigenvalue weighted by atomic mass is 35.5. The highest BCUT2D eigenvalue weighted by Crippen LogP contribution is 2.37. The number of hydrogen-bond donors (Lipinski definition) is 2. The molecule has 6 aromatic carbocycles. The second-order valence-electron chi connectivity index (χ2n) is 23.5. The third kappa shape index (κ3) is 17.2. The number of Topliss-reactive ketones (excluding diaryl/α,β-unsaturated/α-hetero) is 3. The number of halogens is 1. The predicted octanol–water partition coefficient (Wildman–Crippen LogP) is 15.2. The zero-order chi connectivity index (χ0) is 59.2. The van der Waals surface area contributed by atoms with Crippen LogP contribution in [0.3, 0.4) is 0 Å². The Balaban J connectivity index is 0.000000142. The molecule has 2 saturated heterocycles. The lowest BCUT2D eigenvalue weighted by atomic mass is 9.85. The third-order valence-corrected chi connectivity index (χ3v) is 18.5. The second kappa shape index (κ2) is 29.2. The fourth-order valence-electron chi connectivity index (χ4n) is 12.0. The van der Waals surface area contributed by atoms with Gasteiger partial charge in [0.2, 0.25) is 0 Å². The first-order valence-electron chi connectivity index (χ1n) is 29.5. The molecule has 83 heavy (non-hydrogen) atoms. The number of alkyl halides is 1. The zero-order valence-electron chi connectivity index (χ0n) is 49.5. The van der Waals surface area contributed by atoms with Crippen LogP contribution in [0.15, 0.2) is 156 Å². The van der Waals surface area contributed by atoms with Crippen LogP contribution < -0.4 is 5.32 Å². The van der Waals surface area contributed by atoms with Crippen LogP contribution in [-0.4, -0.2) is 66.4 Å². The van der Waals surface area contributed by atoms with E-state index < -0.39 is 10.1 Å². The van der Waals surface area contributed by atoms with Crippen molar-refractivity contribution in [1.82, 2.24) is 15.2 Å². The molecule has 3 aliphatic carbocycles. The molecule has 0 radical (unpaired) electrons. The van der Waals surface area contributed by atoms with Crippen LogP contribution in [0.2, 0.25) is 0 Å². The van der Waals surface area contributed by atoms with Gasteiger partial charge in [-0.3, -0.25) is 28.8 Å². The SMILES string of the molecule is Cc1cc2c(cc1C)C(=O)/C(=C/c1ccncc1)C2.Cc1cc2c(cc1C)C(=O)C(CC1CCN(Cc3ccccc3)CC1)C2.Cc1cc2c(cc1C)C(=O)C(CC1CCNCC1)C2.Cc1ccc(S(=O)(=O)O)cc1.ClCc1ccccc1. The number of carbonyl (C=O) groups is 3. The predicted molar refractivity (Wildman–Crippen MR) is 337 cm³/mol. The molecule has 11 heteroatoms. The highest BCUT2D eigenvalue weighted by Gasteiger charge is 2.35. The van der Waals surface area contributed by atoms with E-state index in [4.69, 9.17) is 16.2 Å². The summed E-state index contributed by atoms with van der Waals surface area (Å²) in [4.78, 5) is 44.2. The van der Waals surface area contributed by atoms with Gasteiger partial charge in [-0.05, 0) is 253 Å². The summed E-state index contributed by atoms with van der Waals surface area (Å²) in [6, 6.07) is 43.4. The number of ketones is 3. The Morgan fingerprint density at radius 2 is 1.04 bits per heavy atom. The first-order valence-corrected chi connectivity index (χ1v) is 31.5. The fourth-order valence-corrected chi connectivity index (χ4v) is 12.6. The summed E-state index contributed by atoms with van der Waals surface area (Å²) in [6.07, 6.45) is 15.2. The van der Waals surface area contributed by atoms with Crippen LogP contribution in [0, 0.1) is 72.1 Å². The van der Waals surface area contributed by atoms with Crippen molar-refractivity contribution in [2.45, 2.75) is 124 Å². The third-order valence-electron chi connectivity index (χ3n) is 17.3. The Hall–Kier alpha value is -6.66. The van der Waals surface area contributed by atoms with Gasteiger partial charge in [-0.2, -0.15) is 8.42 Å². The van der Waals surface area contributed by atoms with Crippen molar-refractivity contribution in [3.05, 3.63) is 240 Å². The summed E-state index contributed by atoms with van der Waals surface area (Å²) in [5.74, 6) is 3.48. The molecular formula is C72H82ClN3O6S. The van der Waals surface area contributed by atoms with Gasteiger partial charge >= 0.3 is 0 Å². The molecule has 0 spiro atoms.